The van der Waals surface area contributed by atoms with Crippen LogP contribution in [0, 0.1) is 6.92 Å². The van der Waals surface area contributed by atoms with Crippen molar-refractivity contribution in [3.8, 4) is 0 Å². The van der Waals surface area contributed by atoms with Crippen molar-refractivity contribution in [2.45, 2.75) is 48.7 Å². The maximum atomic E-state index is 14.0. The van der Waals surface area contributed by atoms with E-state index in [1.54, 1.807) is 43.3 Å². The van der Waals surface area contributed by atoms with Crippen LogP contribution in [0.1, 0.15) is 35.3 Å². The highest BCUT2D eigenvalue weighted by atomic mass is 33.1. The number of rotatable bonds is 12. The molecule has 1 N–H and O–H groups in total. The summed E-state index contributed by atoms with van der Waals surface area (Å²) in [4.78, 5) is 42.0. The molecule has 8 nitrogen and oxygen atoms in total. The molecule has 46 heavy (non-hydrogen) atoms. The van der Waals surface area contributed by atoms with Gasteiger partial charge in [0.2, 0.25) is 20.7 Å². The highest BCUT2D eigenvalue weighted by Gasteiger charge is 2.56. The molecule has 5 rings (SSSR count). The third-order valence-corrected chi connectivity index (χ3v) is 11.3. The molecule has 1 aliphatic heterocycles. The molecule has 236 valence electrons. The first-order valence-electron chi connectivity index (χ1n) is 14.7. The molecule has 1 heterocycles. The number of amides is 2. The largest absolute Gasteiger partial charge is 0.451 e. The summed E-state index contributed by atoms with van der Waals surface area (Å²) in [6.45, 7) is 7.39. The Balaban J connectivity index is 1.45. The Morgan fingerprint density at radius 2 is 1.39 bits per heavy atom. The van der Waals surface area contributed by atoms with E-state index < -0.39 is 50.2 Å². The van der Waals surface area contributed by atoms with Crippen LogP contribution in [0.4, 0.5) is 0 Å². The lowest BCUT2D eigenvalue weighted by molar-refractivity contribution is -0.165. The summed E-state index contributed by atoms with van der Waals surface area (Å²) in [7, 11) is -3.52. The summed E-state index contributed by atoms with van der Waals surface area (Å²) in [5.74, 6) is -1.84. The van der Waals surface area contributed by atoms with Crippen LogP contribution in [0.3, 0.4) is 0 Å². The first-order chi connectivity index (χ1) is 22.0. The number of β-lactam (4-membered cyclic amide) rings is 1. The van der Waals surface area contributed by atoms with Gasteiger partial charge in [0.05, 0.1) is 11.3 Å². The zero-order valence-electron chi connectivity index (χ0n) is 25.4. The third kappa shape index (κ3) is 7.41. The van der Waals surface area contributed by atoms with Gasteiger partial charge in [-0.05, 0) is 48.2 Å². The SMILES string of the molecule is C=C(C)C(C(=O)OC(c1ccccc1)c1ccccc1)N1C(=O)C(NC(=O)Cc2ccccc2)C1SS(=O)(=O)c1ccc(C)cc1. The molecule has 0 aliphatic carbocycles. The fraction of sp³-hybridized carbons (Fsp3) is 0.194. The summed E-state index contributed by atoms with van der Waals surface area (Å²) in [6, 6.07) is 31.2. The summed E-state index contributed by atoms with van der Waals surface area (Å²) in [6.07, 6.45) is -0.800. The summed E-state index contributed by atoms with van der Waals surface area (Å²) < 4.78 is 33.3. The summed E-state index contributed by atoms with van der Waals surface area (Å²) >= 11 is 0. The van der Waals surface area contributed by atoms with Gasteiger partial charge in [0.15, 0.2) is 12.1 Å². The zero-order valence-corrected chi connectivity index (χ0v) is 27.0. The van der Waals surface area contributed by atoms with E-state index in [9.17, 15) is 22.8 Å². The van der Waals surface area contributed by atoms with Crippen molar-refractivity contribution in [1.82, 2.24) is 10.2 Å². The van der Waals surface area contributed by atoms with Crippen LogP contribution in [0.25, 0.3) is 0 Å². The first kappa shape index (κ1) is 32.7. The molecule has 0 bridgehead atoms. The second kappa shape index (κ2) is 14.2. The predicted molar refractivity (Wildman–Crippen MR) is 178 cm³/mol. The van der Waals surface area contributed by atoms with Crippen molar-refractivity contribution in [2.75, 3.05) is 0 Å². The van der Waals surface area contributed by atoms with Gasteiger partial charge in [-0.3, -0.25) is 9.59 Å². The van der Waals surface area contributed by atoms with Gasteiger partial charge in [-0.2, -0.15) is 0 Å². The molecule has 4 aromatic rings. The van der Waals surface area contributed by atoms with Gasteiger partial charge < -0.3 is 15.0 Å². The topological polar surface area (TPSA) is 110 Å². The molecule has 10 heteroatoms. The number of aryl methyl sites for hydroxylation is 1. The standard InChI is InChI=1S/C36H34N2O6S2/c1-24(2)32(36(41)44-33(27-15-9-5-10-16-27)28-17-11-6-12-18-28)38-34(40)31(37-30(39)23-26-13-7-4-8-14-26)35(38)45-46(42,43)29-21-19-25(3)20-22-29/h4-22,31-33,35H,1,23H2,2-3H3,(H,37,39). The molecule has 0 saturated carbocycles. The van der Waals surface area contributed by atoms with Crippen molar-refractivity contribution < 1.29 is 27.5 Å². The number of hydrogen-bond donors (Lipinski definition) is 1. The van der Waals surface area contributed by atoms with Gasteiger partial charge in [0, 0.05) is 10.8 Å². The highest BCUT2D eigenvalue weighted by molar-refractivity contribution is 8.72. The van der Waals surface area contributed by atoms with Crippen LogP contribution < -0.4 is 5.32 Å². The normalized spacial score (nSPS) is 16.8. The Kier molecular flexibility index (Phi) is 10.1. The van der Waals surface area contributed by atoms with Crippen molar-refractivity contribution >= 4 is 37.4 Å². The van der Waals surface area contributed by atoms with Gasteiger partial charge in [0.25, 0.3) is 0 Å². The number of nitrogens with one attached hydrogen (secondary N) is 1. The van der Waals surface area contributed by atoms with Crippen LogP contribution in [0.2, 0.25) is 0 Å². The maximum absolute atomic E-state index is 14.0. The van der Waals surface area contributed by atoms with Gasteiger partial charge in [-0.15, -0.1) is 0 Å². The molecule has 3 unspecified atom stereocenters. The Bertz CT molecular complexity index is 1780. The molecule has 1 saturated heterocycles. The van der Waals surface area contributed by atoms with E-state index in [0.717, 1.165) is 27.2 Å². The summed E-state index contributed by atoms with van der Waals surface area (Å²) in [5, 5.41) is 1.57. The van der Waals surface area contributed by atoms with Gasteiger partial charge in [-0.1, -0.05) is 115 Å². The van der Waals surface area contributed by atoms with Crippen molar-refractivity contribution in [2.24, 2.45) is 0 Å². The molecular weight excluding hydrogens is 621 g/mol. The van der Waals surface area contributed by atoms with Crippen molar-refractivity contribution in [1.29, 1.82) is 0 Å². The minimum atomic E-state index is -4.03. The summed E-state index contributed by atoms with van der Waals surface area (Å²) in [5.41, 5.74) is 3.33. The Labute approximate surface area is 272 Å². The molecule has 4 aromatic carbocycles. The van der Waals surface area contributed by atoms with E-state index in [2.05, 4.69) is 11.9 Å². The number of carbonyl (C=O) groups is 3. The second-order valence-electron chi connectivity index (χ2n) is 11.1. The Morgan fingerprint density at radius 1 is 0.870 bits per heavy atom. The molecule has 0 spiro atoms. The number of likely N-dealkylation sites (tertiary alicyclic amines) is 1. The lowest BCUT2D eigenvalue weighted by Crippen LogP contribution is -2.73. The molecule has 0 aromatic heterocycles. The lowest BCUT2D eigenvalue weighted by atomic mass is 9.98. The minimum Gasteiger partial charge on any atom is -0.451 e. The number of benzene rings is 4. The fourth-order valence-electron chi connectivity index (χ4n) is 5.21. The van der Waals surface area contributed by atoms with E-state index in [-0.39, 0.29) is 16.9 Å². The van der Waals surface area contributed by atoms with Crippen LogP contribution in [-0.4, -0.2) is 48.6 Å². The van der Waals surface area contributed by atoms with Crippen LogP contribution in [0.15, 0.2) is 132 Å². The van der Waals surface area contributed by atoms with E-state index in [1.165, 1.54) is 12.1 Å². The average Bonchev–Trinajstić information content (AvgIpc) is 3.05. The molecular formula is C36H34N2O6S2. The third-order valence-electron chi connectivity index (χ3n) is 7.55. The van der Waals surface area contributed by atoms with Crippen LogP contribution in [0.5, 0.6) is 0 Å². The quantitative estimate of drug-likeness (QED) is 0.0918. The second-order valence-corrected chi connectivity index (χ2v) is 15.0. The van der Waals surface area contributed by atoms with Crippen molar-refractivity contribution in [3.63, 3.8) is 0 Å². The number of carbonyl (C=O) groups excluding carboxylic acids is 3. The predicted octanol–water partition coefficient (Wildman–Crippen LogP) is 5.59. The monoisotopic (exact) mass is 654 g/mol. The lowest BCUT2D eigenvalue weighted by Gasteiger charge is -2.49. The molecule has 2 amide bonds. The number of ether oxygens (including phenoxy) is 1. The van der Waals surface area contributed by atoms with E-state index in [1.807, 2.05) is 73.7 Å². The van der Waals surface area contributed by atoms with Crippen LogP contribution in [-0.2, 0) is 34.4 Å². The first-order valence-corrected chi connectivity index (χ1v) is 17.5. The highest BCUT2D eigenvalue weighted by Crippen LogP contribution is 2.40. The van der Waals surface area contributed by atoms with Gasteiger partial charge in [-0.25, -0.2) is 13.2 Å². The fourth-order valence-corrected chi connectivity index (χ4v) is 8.72. The minimum absolute atomic E-state index is 0.00545. The molecule has 0 radical (unpaired) electrons. The van der Waals surface area contributed by atoms with Crippen molar-refractivity contribution in [3.05, 3.63) is 150 Å². The van der Waals surface area contributed by atoms with E-state index in [0.29, 0.717) is 10.8 Å². The van der Waals surface area contributed by atoms with E-state index >= 15 is 0 Å². The molecule has 1 aliphatic rings. The Hall–Kier alpha value is -4.67. The maximum Gasteiger partial charge on any atom is 0.334 e. The number of esters is 1. The molecule has 3 atom stereocenters. The van der Waals surface area contributed by atoms with Gasteiger partial charge >= 0.3 is 5.97 Å². The smallest absolute Gasteiger partial charge is 0.334 e. The zero-order chi connectivity index (χ0) is 32.8. The average molecular weight is 655 g/mol. The molecule has 1 fully saturated rings. The van der Waals surface area contributed by atoms with Crippen LogP contribution >= 0.6 is 10.8 Å². The number of nitrogens with zero attached hydrogens (tertiary/aromatic N) is 1. The Morgan fingerprint density at radius 3 is 1.91 bits per heavy atom. The number of hydrogen-bond acceptors (Lipinski definition) is 7. The van der Waals surface area contributed by atoms with E-state index in [4.69, 9.17) is 4.74 Å². The van der Waals surface area contributed by atoms with Gasteiger partial charge in [0.1, 0.15) is 11.4 Å².